The number of hydrogen-bond acceptors (Lipinski definition) is 5. The normalized spacial score (nSPS) is 17.5. The van der Waals surface area contributed by atoms with Crippen LogP contribution in [0.3, 0.4) is 0 Å². The van der Waals surface area contributed by atoms with E-state index < -0.39 is 0 Å². The van der Waals surface area contributed by atoms with Gasteiger partial charge in [0, 0.05) is 18.9 Å². The van der Waals surface area contributed by atoms with Gasteiger partial charge in [-0.1, -0.05) is 12.1 Å². The third-order valence-electron chi connectivity index (χ3n) is 3.43. The molecule has 1 aliphatic heterocycles. The summed E-state index contributed by atoms with van der Waals surface area (Å²) in [7, 11) is 1.62. The number of thioether (sulfide) groups is 1. The first kappa shape index (κ1) is 17.0. The van der Waals surface area contributed by atoms with Gasteiger partial charge in [0.25, 0.3) is 0 Å². The zero-order chi connectivity index (χ0) is 15.8. The third-order valence-corrected chi connectivity index (χ3v) is 4.62. The van der Waals surface area contributed by atoms with Crippen molar-refractivity contribution >= 4 is 17.7 Å². The minimum Gasteiger partial charge on any atom is -0.493 e. The minimum absolute atomic E-state index is 0.0547. The van der Waals surface area contributed by atoms with E-state index in [2.05, 4.69) is 0 Å². The molecule has 0 bridgehead atoms. The molecule has 1 atom stereocenters. The molecule has 122 valence electrons. The van der Waals surface area contributed by atoms with Crippen LogP contribution in [0.5, 0.6) is 11.5 Å². The third kappa shape index (κ3) is 4.55. The van der Waals surface area contributed by atoms with E-state index in [0.717, 1.165) is 12.3 Å². The standard InChI is InChI=1S/C16H23NO4S/c1-3-20-10-8-15(18)17-9-11-22-16(17)12-21-14-7-5-4-6-13(14)19-2/h4-7,16H,3,8-12H2,1-2H3. The number of carbonyl (C=O) groups is 1. The average Bonchev–Trinajstić information content (AvgIpc) is 3.02. The van der Waals surface area contributed by atoms with E-state index in [1.54, 1.807) is 18.9 Å². The van der Waals surface area contributed by atoms with E-state index in [1.807, 2.05) is 36.1 Å². The van der Waals surface area contributed by atoms with Gasteiger partial charge in [-0.25, -0.2) is 0 Å². The van der Waals surface area contributed by atoms with E-state index in [9.17, 15) is 4.79 Å². The van der Waals surface area contributed by atoms with Crippen molar-refractivity contribution < 1.29 is 19.0 Å². The van der Waals surface area contributed by atoms with Gasteiger partial charge in [-0.3, -0.25) is 4.79 Å². The molecule has 2 rings (SSSR count). The lowest BCUT2D eigenvalue weighted by molar-refractivity contribution is -0.132. The lowest BCUT2D eigenvalue weighted by Gasteiger charge is -2.24. The smallest absolute Gasteiger partial charge is 0.225 e. The number of carbonyl (C=O) groups excluding carboxylic acids is 1. The molecule has 1 saturated heterocycles. The van der Waals surface area contributed by atoms with Crippen molar-refractivity contribution in [1.29, 1.82) is 0 Å². The summed E-state index contributed by atoms with van der Waals surface area (Å²) in [5, 5.41) is 0.0547. The quantitative estimate of drug-likeness (QED) is 0.687. The van der Waals surface area contributed by atoms with Gasteiger partial charge in [0.2, 0.25) is 5.91 Å². The number of rotatable bonds is 8. The molecule has 0 N–H and O–H groups in total. The Hall–Kier alpha value is -1.40. The maximum Gasteiger partial charge on any atom is 0.225 e. The molecule has 1 aromatic carbocycles. The first-order valence-electron chi connectivity index (χ1n) is 7.51. The molecule has 6 heteroatoms. The lowest BCUT2D eigenvalue weighted by Crippen LogP contribution is -2.38. The molecule has 1 heterocycles. The number of benzene rings is 1. The SMILES string of the molecule is CCOCCC(=O)N1CCSC1COc1ccccc1OC. The van der Waals surface area contributed by atoms with Crippen LogP contribution in [0.1, 0.15) is 13.3 Å². The fraction of sp³-hybridized carbons (Fsp3) is 0.562. The van der Waals surface area contributed by atoms with Crippen LogP contribution in [0.25, 0.3) is 0 Å². The Kier molecular flexibility index (Phi) is 6.86. The predicted octanol–water partition coefficient (Wildman–Crippen LogP) is 2.40. The van der Waals surface area contributed by atoms with Crippen LogP contribution in [0.2, 0.25) is 0 Å². The fourth-order valence-corrected chi connectivity index (χ4v) is 3.43. The van der Waals surface area contributed by atoms with Crippen LogP contribution < -0.4 is 9.47 Å². The average molecular weight is 325 g/mol. The summed E-state index contributed by atoms with van der Waals surface area (Å²) in [5.41, 5.74) is 0. The second-order valence-corrected chi connectivity index (χ2v) is 6.11. The Labute approximate surface area is 135 Å². The molecule has 0 aliphatic carbocycles. The topological polar surface area (TPSA) is 48.0 Å². The van der Waals surface area contributed by atoms with Gasteiger partial charge >= 0.3 is 0 Å². The highest BCUT2D eigenvalue weighted by atomic mass is 32.2. The maximum atomic E-state index is 12.2. The summed E-state index contributed by atoms with van der Waals surface area (Å²) in [6, 6.07) is 7.55. The Morgan fingerprint density at radius 3 is 2.86 bits per heavy atom. The zero-order valence-electron chi connectivity index (χ0n) is 13.1. The van der Waals surface area contributed by atoms with Gasteiger partial charge in [0.15, 0.2) is 11.5 Å². The number of ether oxygens (including phenoxy) is 3. The van der Waals surface area contributed by atoms with Crippen LogP contribution in [0, 0.1) is 0 Å². The van der Waals surface area contributed by atoms with Crippen molar-refractivity contribution in [3.8, 4) is 11.5 Å². The summed E-state index contributed by atoms with van der Waals surface area (Å²) < 4.78 is 16.4. The molecule has 1 aromatic rings. The molecule has 1 unspecified atom stereocenters. The van der Waals surface area contributed by atoms with Gasteiger partial charge in [0.1, 0.15) is 12.0 Å². The van der Waals surface area contributed by atoms with Crippen LogP contribution >= 0.6 is 11.8 Å². The largest absolute Gasteiger partial charge is 0.493 e. The second kappa shape index (κ2) is 8.90. The highest BCUT2D eigenvalue weighted by Gasteiger charge is 2.29. The van der Waals surface area contributed by atoms with E-state index in [-0.39, 0.29) is 11.3 Å². The molecule has 1 aliphatic rings. The summed E-state index contributed by atoms with van der Waals surface area (Å²) in [4.78, 5) is 14.1. The Balaban J connectivity index is 1.87. The van der Waals surface area contributed by atoms with Gasteiger partial charge in [-0.2, -0.15) is 0 Å². The van der Waals surface area contributed by atoms with E-state index >= 15 is 0 Å². The Morgan fingerprint density at radius 1 is 1.36 bits per heavy atom. The van der Waals surface area contributed by atoms with Crippen molar-refractivity contribution in [2.24, 2.45) is 0 Å². The summed E-state index contributed by atoms with van der Waals surface area (Å²) >= 11 is 1.75. The van der Waals surface area contributed by atoms with Crippen molar-refractivity contribution in [2.75, 3.05) is 39.2 Å². The molecule has 0 radical (unpaired) electrons. The second-order valence-electron chi connectivity index (χ2n) is 4.82. The molecular formula is C16H23NO4S. The molecular weight excluding hydrogens is 302 g/mol. The molecule has 5 nitrogen and oxygen atoms in total. The molecule has 0 aromatic heterocycles. The molecule has 1 amide bonds. The monoisotopic (exact) mass is 325 g/mol. The zero-order valence-corrected chi connectivity index (χ0v) is 13.9. The number of methoxy groups -OCH3 is 1. The number of amides is 1. The predicted molar refractivity (Wildman–Crippen MR) is 87.6 cm³/mol. The first-order chi connectivity index (χ1) is 10.8. The first-order valence-corrected chi connectivity index (χ1v) is 8.55. The van der Waals surface area contributed by atoms with E-state index in [4.69, 9.17) is 14.2 Å². The summed E-state index contributed by atoms with van der Waals surface area (Å²) in [5.74, 6) is 2.49. The minimum atomic E-state index is 0.0547. The maximum absolute atomic E-state index is 12.2. The Morgan fingerprint density at radius 2 is 2.14 bits per heavy atom. The van der Waals surface area contributed by atoms with Gasteiger partial charge in [-0.15, -0.1) is 11.8 Å². The summed E-state index contributed by atoms with van der Waals surface area (Å²) in [6.45, 7) is 4.29. The molecule has 1 fully saturated rings. The van der Waals surface area contributed by atoms with Crippen molar-refractivity contribution in [2.45, 2.75) is 18.7 Å². The number of hydrogen-bond donors (Lipinski definition) is 0. The van der Waals surface area contributed by atoms with Crippen molar-refractivity contribution in [3.63, 3.8) is 0 Å². The van der Waals surface area contributed by atoms with Crippen LogP contribution in [0.4, 0.5) is 0 Å². The van der Waals surface area contributed by atoms with Gasteiger partial charge in [0.05, 0.1) is 20.1 Å². The van der Waals surface area contributed by atoms with Crippen molar-refractivity contribution in [1.82, 2.24) is 4.90 Å². The van der Waals surface area contributed by atoms with Gasteiger partial charge < -0.3 is 19.1 Å². The molecule has 0 saturated carbocycles. The van der Waals surface area contributed by atoms with Crippen LogP contribution in [-0.2, 0) is 9.53 Å². The number of nitrogens with zero attached hydrogens (tertiary/aromatic N) is 1. The Bertz CT molecular complexity index is 483. The summed E-state index contributed by atoms with van der Waals surface area (Å²) in [6.07, 6.45) is 0.430. The van der Waals surface area contributed by atoms with E-state index in [1.165, 1.54) is 0 Å². The molecule has 22 heavy (non-hydrogen) atoms. The number of para-hydroxylation sites is 2. The van der Waals surface area contributed by atoms with Crippen LogP contribution in [0.15, 0.2) is 24.3 Å². The fourth-order valence-electron chi connectivity index (χ4n) is 2.29. The highest BCUT2D eigenvalue weighted by Crippen LogP contribution is 2.29. The van der Waals surface area contributed by atoms with Crippen molar-refractivity contribution in [3.05, 3.63) is 24.3 Å². The molecule has 0 spiro atoms. The van der Waals surface area contributed by atoms with Gasteiger partial charge in [-0.05, 0) is 19.1 Å². The van der Waals surface area contributed by atoms with Crippen LogP contribution in [-0.4, -0.2) is 55.4 Å². The van der Waals surface area contributed by atoms with E-state index in [0.29, 0.717) is 37.7 Å². The lowest BCUT2D eigenvalue weighted by atomic mass is 10.3. The highest BCUT2D eigenvalue weighted by molar-refractivity contribution is 8.00.